The van der Waals surface area contributed by atoms with Crippen LogP contribution in [0.5, 0.6) is 0 Å². The van der Waals surface area contributed by atoms with Crippen LogP contribution in [0, 0.1) is 0 Å². The molecule has 0 radical (unpaired) electrons. The third kappa shape index (κ3) is 2.06. The Bertz CT molecular complexity index is 401. The van der Waals surface area contributed by atoms with Gasteiger partial charge in [0.15, 0.2) is 5.13 Å². The SMILES string of the molecule is CC(C)(C)c1sc(N)nc1C1=CCOC1. The summed E-state index contributed by atoms with van der Waals surface area (Å²) in [6, 6.07) is 0. The van der Waals surface area contributed by atoms with Gasteiger partial charge in [-0.1, -0.05) is 26.8 Å². The Kier molecular flexibility index (Phi) is 2.56. The zero-order valence-electron chi connectivity index (χ0n) is 9.33. The molecule has 1 aliphatic heterocycles. The van der Waals surface area contributed by atoms with Crippen molar-refractivity contribution >= 4 is 22.0 Å². The third-order valence-corrected chi connectivity index (χ3v) is 3.64. The van der Waals surface area contributed by atoms with E-state index in [2.05, 4.69) is 31.8 Å². The Morgan fingerprint density at radius 2 is 2.20 bits per heavy atom. The number of aromatic nitrogens is 1. The summed E-state index contributed by atoms with van der Waals surface area (Å²) in [5, 5.41) is 0.641. The van der Waals surface area contributed by atoms with Gasteiger partial charge in [-0.3, -0.25) is 0 Å². The van der Waals surface area contributed by atoms with Gasteiger partial charge in [-0.15, -0.1) is 11.3 Å². The molecule has 4 heteroatoms. The molecule has 15 heavy (non-hydrogen) atoms. The topological polar surface area (TPSA) is 48.1 Å². The van der Waals surface area contributed by atoms with Gasteiger partial charge in [0.25, 0.3) is 0 Å². The Labute approximate surface area is 94.0 Å². The second-order valence-electron chi connectivity index (χ2n) is 4.72. The molecule has 0 atom stereocenters. The number of anilines is 1. The van der Waals surface area contributed by atoms with Crippen LogP contribution in [-0.4, -0.2) is 18.2 Å². The molecule has 0 bridgehead atoms. The molecule has 0 fully saturated rings. The summed E-state index contributed by atoms with van der Waals surface area (Å²) in [5.41, 5.74) is 8.08. The van der Waals surface area contributed by atoms with E-state index in [1.54, 1.807) is 11.3 Å². The van der Waals surface area contributed by atoms with Crippen molar-refractivity contribution in [1.82, 2.24) is 4.98 Å². The quantitative estimate of drug-likeness (QED) is 0.797. The van der Waals surface area contributed by atoms with Crippen LogP contribution in [0.1, 0.15) is 31.3 Å². The average Bonchev–Trinajstić information content (AvgIpc) is 2.68. The molecule has 1 aliphatic rings. The van der Waals surface area contributed by atoms with E-state index < -0.39 is 0 Å². The molecular weight excluding hydrogens is 208 g/mol. The lowest BCUT2D eigenvalue weighted by molar-refractivity contribution is 0.216. The van der Waals surface area contributed by atoms with E-state index in [0.29, 0.717) is 18.3 Å². The summed E-state index contributed by atoms with van der Waals surface area (Å²) in [7, 11) is 0. The summed E-state index contributed by atoms with van der Waals surface area (Å²) in [6.45, 7) is 7.89. The largest absolute Gasteiger partial charge is 0.375 e. The van der Waals surface area contributed by atoms with E-state index in [4.69, 9.17) is 10.5 Å². The Balaban J connectivity index is 2.46. The number of nitrogens with zero attached hydrogens (tertiary/aromatic N) is 1. The van der Waals surface area contributed by atoms with E-state index in [9.17, 15) is 0 Å². The zero-order valence-corrected chi connectivity index (χ0v) is 10.1. The van der Waals surface area contributed by atoms with Gasteiger partial charge in [-0.2, -0.15) is 0 Å². The number of rotatable bonds is 1. The molecule has 0 aliphatic carbocycles. The van der Waals surface area contributed by atoms with Gasteiger partial charge in [-0.25, -0.2) is 4.98 Å². The van der Waals surface area contributed by atoms with Crippen molar-refractivity contribution in [2.24, 2.45) is 0 Å². The van der Waals surface area contributed by atoms with E-state index >= 15 is 0 Å². The number of hydrogen-bond donors (Lipinski definition) is 1. The predicted molar refractivity (Wildman–Crippen MR) is 64.0 cm³/mol. The maximum atomic E-state index is 5.78. The van der Waals surface area contributed by atoms with Crippen LogP contribution in [0.15, 0.2) is 6.08 Å². The molecule has 0 saturated heterocycles. The van der Waals surface area contributed by atoms with Gasteiger partial charge < -0.3 is 10.5 Å². The fourth-order valence-corrected chi connectivity index (χ4v) is 2.54. The molecule has 1 aromatic rings. The predicted octanol–water partition coefficient (Wildman–Crippen LogP) is 2.44. The van der Waals surface area contributed by atoms with Gasteiger partial charge in [0.2, 0.25) is 0 Å². The Morgan fingerprint density at radius 1 is 1.47 bits per heavy atom. The minimum Gasteiger partial charge on any atom is -0.375 e. The smallest absolute Gasteiger partial charge is 0.180 e. The van der Waals surface area contributed by atoms with Crippen LogP contribution in [-0.2, 0) is 10.2 Å². The molecule has 0 spiro atoms. The molecule has 0 aromatic carbocycles. The first-order valence-corrected chi connectivity index (χ1v) is 5.84. The fourth-order valence-electron chi connectivity index (χ4n) is 1.61. The minimum atomic E-state index is 0.0913. The summed E-state index contributed by atoms with van der Waals surface area (Å²) < 4.78 is 5.32. The van der Waals surface area contributed by atoms with Gasteiger partial charge >= 0.3 is 0 Å². The maximum absolute atomic E-state index is 5.78. The van der Waals surface area contributed by atoms with Crippen molar-refractivity contribution < 1.29 is 4.74 Å². The lowest BCUT2D eigenvalue weighted by atomic mass is 9.91. The summed E-state index contributed by atoms with van der Waals surface area (Å²) in [6.07, 6.45) is 2.09. The molecule has 2 N–H and O–H groups in total. The normalized spacial score (nSPS) is 16.9. The first-order valence-electron chi connectivity index (χ1n) is 5.02. The third-order valence-electron chi connectivity index (χ3n) is 2.33. The van der Waals surface area contributed by atoms with Crippen molar-refractivity contribution in [3.63, 3.8) is 0 Å². The van der Waals surface area contributed by atoms with Crippen LogP contribution in [0.3, 0.4) is 0 Å². The molecule has 0 saturated carbocycles. The van der Waals surface area contributed by atoms with E-state index in [1.807, 2.05) is 0 Å². The number of hydrogen-bond acceptors (Lipinski definition) is 4. The van der Waals surface area contributed by atoms with Gasteiger partial charge in [-0.05, 0) is 5.41 Å². The van der Waals surface area contributed by atoms with E-state index in [1.165, 1.54) is 10.5 Å². The van der Waals surface area contributed by atoms with Crippen molar-refractivity contribution in [3.8, 4) is 0 Å². The molecule has 0 amide bonds. The van der Waals surface area contributed by atoms with Crippen molar-refractivity contribution in [1.29, 1.82) is 0 Å². The van der Waals surface area contributed by atoms with E-state index in [-0.39, 0.29) is 5.41 Å². The van der Waals surface area contributed by atoms with Gasteiger partial charge in [0.1, 0.15) is 0 Å². The van der Waals surface area contributed by atoms with E-state index in [0.717, 1.165) is 5.69 Å². The second-order valence-corrected chi connectivity index (χ2v) is 5.75. The van der Waals surface area contributed by atoms with Crippen molar-refractivity contribution in [2.75, 3.05) is 18.9 Å². The fraction of sp³-hybridized carbons (Fsp3) is 0.545. The lowest BCUT2D eigenvalue weighted by Crippen LogP contribution is -2.11. The maximum Gasteiger partial charge on any atom is 0.180 e. The van der Waals surface area contributed by atoms with Crippen LogP contribution in [0.25, 0.3) is 5.57 Å². The zero-order chi connectivity index (χ0) is 11.1. The molecule has 2 heterocycles. The highest BCUT2D eigenvalue weighted by molar-refractivity contribution is 7.15. The molecule has 1 aromatic heterocycles. The molecule has 0 unspecified atom stereocenters. The highest BCUT2D eigenvalue weighted by Crippen LogP contribution is 2.36. The van der Waals surface area contributed by atoms with Crippen LogP contribution >= 0.6 is 11.3 Å². The molecule has 82 valence electrons. The van der Waals surface area contributed by atoms with Crippen molar-refractivity contribution in [3.05, 3.63) is 16.6 Å². The Hall–Kier alpha value is -0.870. The van der Waals surface area contributed by atoms with Gasteiger partial charge in [0.05, 0.1) is 18.9 Å². The van der Waals surface area contributed by atoms with Gasteiger partial charge in [0, 0.05) is 10.5 Å². The second kappa shape index (κ2) is 3.61. The highest BCUT2D eigenvalue weighted by atomic mass is 32.1. The van der Waals surface area contributed by atoms with Crippen LogP contribution in [0.4, 0.5) is 5.13 Å². The number of ether oxygens (including phenoxy) is 1. The van der Waals surface area contributed by atoms with Crippen LogP contribution < -0.4 is 5.73 Å². The lowest BCUT2D eigenvalue weighted by Gasteiger charge is -2.17. The standard InChI is InChI=1S/C11H16N2OS/c1-11(2,3)9-8(13-10(12)15-9)7-4-5-14-6-7/h4H,5-6H2,1-3H3,(H2,12,13). The molecule has 2 rings (SSSR count). The van der Waals surface area contributed by atoms with Crippen LogP contribution in [0.2, 0.25) is 0 Å². The summed E-state index contributed by atoms with van der Waals surface area (Å²) >= 11 is 1.58. The minimum absolute atomic E-state index is 0.0913. The Morgan fingerprint density at radius 3 is 2.73 bits per heavy atom. The number of nitrogen functional groups attached to an aromatic ring is 1. The summed E-state index contributed by atoms with van der Waals surface area (Å²) in [4.78, 5) is 5.65. The highest BCUT2D eigenvalue weighted by Gasteiger charge is 2.25. The molecular formula is C11H16N2OS. The first kappa shape index (κ1) is 10.6. The van der Waals surface area contributed by atoms with Crippen molar-refractivity contribution in [2.45, 2.75) is 26.2 Å². The first-order chi connectivity index (χ1) is 6.98. The average molecular weight is 224 g/mol. The number of nitrogens with two attached hydrogens (primary N) is 1. The summed E-state index contributed by atoms with van der Waals surface area (Å²) in [5.74, 6) is 0. The molecule has 3 nitrogen and oxygen atoms in total. The number of thiazole rings is 1. The monoisotopic (exact) mass is 224 g/mol.